The smallest absolute Gasteiger partial charge is 0.224 e. The van der Waals surface area contributed by atoms with E-state index in [0.717, 1.165) is 16.8 Å². The molecule has 0 radical (unpaired) electrons. The second-order valence-corrected chi connectivity index (χ2v) is 6.37. The first-order chi connectivity index (χ1) is 13.1. The summed E-state index contributed by atoms with van der Waals surface area (Å²) in [6, 6.07) is 18.3. The molecule has 27 heavy (non-hydrogen) atoms. The number of benzene rings is 2. The van der Waals surface area contributed by atoms with E-state index in [4.69, 9.17) is 9.84 Å². The number of aromatic nitrogens is 1. The summed E-state index contributed by atoms with van der Waals surface area (Å²) >= 11 is 0. The summed E-state index contributed by atoms with van der Waals surface area (Å²) in [5, 5.41) is 12.0. The van der Waals surface area contributed by atoms with Crippen molar-refractivity contribution < 1.29 is 14.6 Å². The van der Waals surface area contributed by atoms with Crippen molar-refractivity contribution in [2.45, 2.75) is 25.9 Å². The van der Waals surface area contributed by atoms with Gasteiger partial charge >= 0.3 is 0 Å². The quantitative estimate of drug-likeness (QED) is 0.649. The Morgan fingerprint density at radius 2 is 1.74 bits per heavy atom. The zero-order valence-corrected chi connectivity index (χ0v) is 15.1. The second-order valence-electron chi connectivity index (χ2n) is 6.37. The molecule has 1 aromatic heterocycles. The minimum atomic E-state index is -0.0420. The van der Waals surface area contributed by atoms with Gasteiger partial charge in [0.25, 0.3) is 0 Å². The first kappa shape index (κ1) is 18.6. The van der Waals surface area contributed by atoms with Crippen LogP contribution in [0.25, 0.3) is 0 Å². The highest BCUT2D eigenvalue weighted by atomic mass is 16.5. The molecular weight excluding hydrogens is 340 g/mol. The van der Waals surface area contributed by atoms with Gasteiger partial charge in [-0.05, 0) is 59.5 Å². The summed E-state index contributed by atoms with van der Waals surface area (Å²) in [5.74, 6) is 1.42. The van der Waals surface area contributed by atoms with Gasteiger partial charge in [0, 0.05) is 24.5 Å². The summed E-state index contributed by atoms with van der Waals surface area (Å²) < 4.78 is 5.76. The van der Waals surface area contributed by atoms with E-state index in [0.29, 0.717) is 17.9 Å². The minimum absolute atomic E-state index is 0.00801. The Morgan fingerprint density at radius 3 is 2.33 bits per heavy atom. The molecule has 0 aliphatic heterocycles. The fourth-order valence-electron chi connectivity index (χ4n) is 2.68. The zero-order chi connectivity index (χ0) is 19.1. The van der Waals surface area contributed by atoms with Crippen molar-refractivity contribution >= 4 is 11.6 Å². The maximum absolute atomic E-state index is 12.2. The molecule has 1 amide bonds. The van der Waals surface area contributed by atoms with E-state index in [9.17, 15) is 4.79 Å². The van der Waals surface area contributed by atoms with Gasteiger partial charge in [-0.2, -0.15) is 0 Å². The van der Waals surface area contributed by atoms with E-state index in [1.54, 1.807) is 36.7 Å². The third-order valence-electron chi connectivity index (χ3n) is 4.22. The Kier molecular flexibility index (Phi) is 6.18. The van der Waals surface area contributed by atoms with Crippen LogP contribution >= 0.6 is 0 Å². The molecule has 2 N–H and O–H groups in total. The number of pyridine rings is 1. The van der Waals surface area contributed by atoms with Gasteiger partial charge < -0.3 is 15.2 Å². The molecular formula is C22H22N2O3. The van der Waals surface area contributed by atoms with E-state index in [-0.39, 0.29) is 18.4 Å². The average molecular weight is 362 g/mol. The zero-order valence-electron chi connectivity index (χ0n) is 15.1. The molecule has 138 valence electrons. The van der Waals surface area contributed by atoms with Crippen LogP contribution in [0.15, 0.2) is 73.1 Å². The number of carbonyl (C=O) groups excluding carboxylic acids is 1. The Hall–Kier alpha value is -3.18. The summed E-state index contributed by atoms with van der Waals surface area (Å²) in [6.45, 7) is 2.02. The highest BCUT2D eigenvalue weighted by Crippen LogP contribution is 2.24. The first-order valence-corrected chi connectivity index (χ1v) is 8.81. The Balaban J connectivity index is 1.54. The molecule has 0 aliphatic rings. The van der Waals surface area contributed by atoms with Crippen LogP contribution in [0.2, 0.25) is 0 Å². The molecule has 5 heteroatoms. The van der Waals surface area contributed by atoms with Crippen molar-refractivity contribution in [1.29, 1.82) is 0 Å². The van der Waals surface area contributed by atoms with Crippen LogP contribution in [0, 0.1) is 0 Å². The van der Waals surface area contributed by atoms with Gasteiger partial charge in [0.2, 0.25) is 5.91 Å². The number of nitrogens with one attached hydrogen (secondary N) is 1. The molecule has 3 aromatic rings. The van der Waals surface area contributed by atoms with Gasteiger partial charge in [0.15, 0.2) is 0 Å². The van der Waals surface area contributed by atoms with Gasteiger partial charge in [-0.1, -0.05) is 25.1 Å². The Bertz CT molecular complexity index is 862. The van der Waals surface area contributed by atoms with Crippen molar-refractivity contribution in [3.8, 4) is 11.5 Å². The lowest BCUT2D eigenvalue weighted by Crippen LogP contribution is -2.14. The van der Waals surface area contributed by atoms with Crippen LogP contribution in [0.1, 0.15) is 30.4 Å². The van der Waals surface area contributed by atoms with Gasteiger partial charge in [-0.25, -0.2) is 0 Å². The number of aliphatic hydroxyl groups is 1. The molecule has 0 saturated carbocycles. The van der Waals surface area contributed by atoms with Gasteiger partial charge in [-0.15, -0.1) is 0 Å². The number of nitrogens with zero attached hydrogens (tertiary/aromatic N) is 1. The van der Waals surface area contributed by atoms with Crippen molar-refractivity contribution in [3.05, 3.63) is 84.2 Å². The van der Waals surface area contributed by atoms with Gasteiger partial charge in [0.1, 0.15) is 11.5 Å². The third kappa shape index (κ3) is 5.39. The van der Waals surface area contributed by atoms with Crippen LogP contribution in [0.5, 0.6) is 11.5 Å². The standard InChI is InChI=1S/C22H22N2O3/c1-16(18-3-2-12-23-14-18)13-22(26)24-19-6-10-21(11-7-19)27-20-8-4-17(15-25)5-9-20/h2-12,14,16,25H,13,15H2,1H3,(H,24,26). The number of hydrogen-bond acceptors (Lipinski definition) is 4. The van der Waals surface area contributed by atoms with Crippen molar-refractivity contribution in [2.75, 3.05) is 5.32 Å². The van der Waals surface area contributed by atoms with E-state index < -0.39 is 0 Å². The molecule has 0 fully saturated rings. The molecule has 2 aromatic carbocycles. The summed E-state index contributed by atoms with van der Waals surface area (Å²) in [6.07, 6.45) is 3.90. The van der Waals surface area contributed by atoms with Crippen LogP contribution < -0.4 is 10.1 Å². The van der Waals surface area contributed by atoms with Gasteiger partial charge in [0.05, 0.1) is 6.61 Å². The summed E-state index contributed by atoms with van der Waals surface area (Å²) in [4.78, 5) is 16.3. The molecule has 3 rings (SSSR count). The lowest BCUT2D eigenvalue weighted by atomic mass is 9.99. The Morgan fingerprint density at radius 1 is 1.07 bits per heavy atom. The van der Waals surface area contributed by atoms with Crippen molar-refractivity contribution in [1.82, 2.24) is 4.98 Å². The fraction of sp³-hybridized carbons (Fsp3) is 0.182. The van der Waals surface area contributed by atoms with Crippen LogP contribution in [0.3, 0.4) is 0 Å². The Labute approximate surface area is 158 Å². The molecule has 0 spiro atoms. The number of rotatable bonds is 7. The number of carbonyl (C=O) groups is 1. The lowest BCUT2D eigenvalue weighted by Gasteiger charge is -2.12. The van der Waals surface area contributed by atoms with Gasteiger partial charge in [-0.3, -0.25) is 9.78 Å². The van der Waals surface area contributed by atoms with Crippen LogP contribution in [-0.2, 0) is 11.4 Å². The number of aliphatic hydroxyl groups excluding tert-OH is 1. The number of ether oxygens (including phenoxy) is 1. The molecule has 1 atom stereocenters. The average Bonchev–Trinajstić information content (AvgIpc) is 2.70. The van der Waals surface area contributed by atoms with Crippen molar-refractivity contribution in [3.63, 3.8) is 0 Å². The van der Waals surface area contributed by atoms with Crippen LogP contribution in [-0.4, -0.2) is 16.0 Å². The number of hydrogen-bond donors (Lipinski definition) is 2. The monoisotopic (exact) mass is 362 g/mol. The highest BCUT2D eigenvalue weighted by Gasteiger charge is 2.11. The first-order valence-electron chi connectivity index (χ1n) is 8.81. The summed E-state index contributed by atoms with van der Waals surface area (Å²) in [7, 11) is 0. The van der Waals surface area contributed by atoms with E-state index >= 15 is 0 Å². The second kappa shape index (κ2) is 8.96. The molecule has 0 bridgehead atoms. The predicted octanol–water partition coefficient (Wildman–Crippen LogP) is 4.50. The maximum atomic E-state index is 12.2. The third-order valence-corrected chi connectivity index (χ3v) is 4.22. The number of amides is 1. The van der Waals surface area contributed by atoms with E-state index in [1.807, 2.05) is 43.3 Å². The van der Waals surface area contributed by atoms with Crippen LogP contribution in [0.4, 0.5) is 5.69 Å². The molecule has 0 aliphatic carbocycles. The SMILES string of the molecule is CC(CC(=O)Nc1ccc(Oc2ccc(CO)cc2)cc1)c1cccnc1. The normalized spacial score (nSPS) is 11.6. The predicted molar refractivity (Wildman–Crippen MR) is 105 cm³/mol. The van der Waals surface area contributed by atoms with E-state index in [1.165, 1.54) is 0 Å². The molecule has 1 heterocycles. The van der Waals surface area contributed by atoms with Crippen molar-refractivity contribution in [2.24, 2.45) is 0 Å². The maximum Gasteiger partial charge on any atom is 0.224 e. The largest absolute Gasteiger partial charge is 0.457 e. The summed E-state index contributed by atoms with van der Waals surface area (Å²) in [5.41, 5.74) is 2.60. The highest BCUT2D eigenvalue weighted by molar-refractivity contribution is 5.91. The molecule has 0 saturated heterocycles. The lowest BCUT2D eigenvalue weighted by molar-refractivity contribution is -0.116. The molecule has 5 nitrogen and oxygen atoms in total. The molecule has 1 unspecified atom stereocenters. The minimum Gasteiger partial charge on any atom is -0.457 e. The topological polar surface area (TPSA) is 71.5 Å². The fourth-order valence-corrected chi connectivity index (χ4v) is 2.68. The number of anilines is 1. The van der Waals surface area contributed by atoms with E-state index in [2.05, 4.69) is 10.3 Å².